The highest BCUT2D eigenvalue weighted by atomic mass is 15.3. The van der Waals surface area contributed by atoms with Crippen molar-refractivity contribution in [3.05, 3.63) is 12.0 Å². The first kappa shape index (κ1) is 9.89. The lowest BCUT2D eigenvalue weighted by Crippen LogP contribution is -2.24. The Morgan fingerprint density at radius 3 is 2.67 bits per heavy atom. The molecule has 80 valence electrons. The summed E-state index contributed by atoms with van der Waals surface area (Å²) in [6.07, 6.45) is 1.65. The quantitative estimate of drug-likeness (QED) is 0.825. The molecule has 0 aliphatic carbocycles. The first-order chi connectivity index (χ1) is 7.26. The first-order valence-corrected chi connectivity index (χ1v) is 5.19. The van der Waals surface area contributed by atoms with Gasteiger partial charge in [0.15, 0.2) is 5.65 Å². The van der Waals surface area contributed by atoms with E-state index in [4.69, 9.17) is 0 Å². The van der Waals surface area contributed by atoms with Crippen LogP contribution in [0.4, 0.5) is 5.95 Å². The van der Waals surface area contributed by atoms with Crippen LogP contribution in [-0.2, 0) is 0 Å². The van der Waals surface area contributed by atoms with Crippen LogP contribution in [0, 0.1) is 6.92 Å². The molecule has 0 radical (unpaired) electrons. The largest absolute Gasteiger partial charge is 0.342 e. The average Bonchev–Trinajstić information content (AvgIpc) is 2.68. The first-order valence-electron chi connectivity index (χ1n) is 5.19. The standard InChI is InChI=1S/C10H15N5/c1-4-15(5-2)10-13-7(3)8-9(14-10)12-6-11-8/h6H,4-5H2,1-3H3,(H,11,12,13,14). The summed E-state index contributed by atoms with van der Waals surface area (Å²) in [5.41, 5.74) is 2.61. The highest BCUT2D eigenvalue weighted by molar-refractivity contribution is 5.73. The molecule has 0 atom stereocenters. The normalized spacial score (nSPS) is 10.9. The molecule has 0 bridgehead atoms. The highest BCUT2D eigenvalue weighted by Gasteiger charge is 2.10. The lowest BCUT2D eigenvalue weighted by Gasteiger charge is -2.18. The molecule has 0 saturated carbocycles. The molecule has 2 aromatic rings. The Balaban J connectivity index is 2.52. The Bertz CT molecular complexity index is 458. The zero-order valence-corrected chi connectivity index (χ0v) is 9.28. The third kappa shape index (κ3) is 1.65. The van der Waals surface area contributed by atoms with Gasteiger partial charge in [0.1, 0.15) is 5.52 Å². The van der Waals surface area contributed by atoms with Crippen LogP contribution < -0.4 is 4.90 Å². The van der Waals surface area contributed by atoms with Crippen molar-refractivity contribution in [2.45, 2.75) is 20.8 Å². The smallest absolute Gasteiger partial charge is 0.227 e. The number of nitrogens with zero attached hydrogens (tertiary/aromatic N) is 4. The second-order valence-corrected chi connectivity index (χ2v) is 3.38. The van der Waals surface area contributed by atoms with E-state index in [-0.39, 0.29) is 0 Å². The molecule has 0 unspecified atom stereocenters. The van der Waals surface area contributed by atoms with Crippen LogP contribution in [0.1, 0.15) is 19.5 Å². The maximum absolute atomic E-state index is 4.46. The van der Waals surface area contributed by atoms with Crippen LogP contribution in [-0.4, -0.2) is 33.0 Å². The predicted octanol–water partition coefficient (Wildman–Crippen LogP) is 1.51. The van der Waals surface area contributed by atoms with Gasteiger partial charge in [-0.1, -0.05) is 0 Å². The molecule has 0 spiro atoms. The summed E-state index contributed by atoms with van der Waals surface area (Å²) in [4.78, 5) is 18.2. The molecule has 0 saturated heterocycles. The zero-order chi connectivity index (χ0) is 10.8. The summed E-state index contributed by atoms with van der Waals surface area (Å²) >= 11 is 0. The number of imidazole rings is 1. The second-order valence-electron chi connectivity index (χ2n) is 3.38. The van der Waals surface area contributed by atoms with Gasteiger partial charge in [0.2, 0.25) is 5.95 Å². The zero-order valence-electron chi connectivity index (χ0n) is 9.28. The number of H-pyrrole nitrogens is 1. The molecule has 1 N–H and O–H groups in total. The molecule has 2 aromatic heterocycles. The van der Waals surface area contributed by atoms with Gasteiger partial charge in [0.05, 0.1) is 12.0 Å². The van der Waals surface area contributed by atoms with Crippen molar-refractivity contribution in [1.82, 2.24) is 19.9 Å². The van der Waals surface area contributed by atoms with Crippen molar-refractivity contribution in [1.29, 1.82) is 0 Å². The van der Waals surface area contributed by atoms with Crippen molar-refractivity contribution >= 4 is 17.1 Å². The number of aromatic amines is 1. The Kier molecular flexibility index (Phi) is 2.53. The van der Waals surface area contributed by atoms with E-state index >= 15 is 0 Å². The van der Waals surface area contributed by atoms with E-state index in [1.54, 1.807) is 6.33 Å². The summed E-state index contributed by atoms with van der Waals surface area (Å²) in [6, 6.07) is 0. The van der Waals surface area contributed by atoms with Crippen molar-refractivity contribution in [3.63, 3.8) is 0 Å². The van der Waals surface area contributed by atoms with Crippen LogP contribution in [0.15, 0.2) is 6.33 Å². The summed E-state index contributed by atoms with van der Waals surface area (Å²) in [5.74, 6) is 0.761. The number of hydrogen-bond acceptors (Lipinski definition) is 4. The van der Waals surface area contributed by atoms with Crippen LogP contribution in [0.3, 0.4) is 0 Å². The van der Waals surface area contributed by atoms with Crippen LogP contribution in [0.5, 0.6) is 0 Å². The number of anilines is 1. The maximum Gasteiger partial charge on any atom is 0.227 e. The number of aryl methyl sites for hydroxylation is 1. The van der Waals surface area contributed by atoms with Gasteiger partial charge < -0.3 is 9.88 Å². The van der Waals surface area contributed by atoms with Gasteiger partial charge in [-0.15, -0.1) is 0 Å². The average molecular weight is 205 g/mol. The fourth-order valence-electron chi connectivity index (χ4n) is 1.61. The topological polar surface area (TPSA) is 57.7 Å². The minimum absolute atomic E-state index is 0.740. The molecule has 2 heterocycles. The highest BCUT2D eigenvalue weighted by Crippen LogP contribution is 2.15. The second kappa shape index (κ2) is 3.84. The Morgan fingerprint density at radius 1 is 1.27 bits per heavy atom. The third-order valence-electron chi connectivity index (χ3n) is 2.50. The Hall–Kier alpha value is -1.65. The summed E-state index contributed by atoms with van der Waals surface area (Å²) in [5, 5.41) is 0. The minimum Gasteiger partial charge on any atom is -0.342 e. The van der Waals surface area contributed by atoms with Gasteiger partial charge in [-0.25, -0.2) is 9.97 Å². The fourth-order valence-corrected chi connectivity index (χ4v) is 1.61. The van der Waals surface area contributed by atoms with Gasteiger partial charge in [-0.3, -0.25) is 0 Å². The molecule has 5 nitrogen and oxygen atoms in total. The summed E-state index contributed by atoms with van der Waals surface area (Å²) < 4.78 is 0. The molecule has 0 amide bonds. The third-order valence-corrected chi connectivity index (χ3v) is 2.50. The lowest BCUT2D eigenvalue weighted by atomic mass is 10.4. The predicted molar refractivity (Wildman–Crippen MR) is 60.0 cm³/mol. The van der Waals surface area contributed by atoms with Gasteiger partial charge >= 0.3 is 0 Å². The lowest BCUT2D eigenvalue weighted by molar-refractivity contribution is 0.821. The molecule has 0 aliphatic heterocycles. The Morgan fingerprint density at radius 2 is 2.00 bits per heavy atom. The van der Waals surface area contributed by atoms with E-state index in [2.05, 4.69) is 38.7 Å². The SMILES string of the molecule is CCN(CC)c1nc(C)c2[nH]cnc2n1. The van der Waals surface area contributed by atoms with Gasteiger partial charge in [-0.05, 0) is 20.8 Å². The van der Waals surface area contributed by atoms with Crippen LogP contribution in [0.2, 0.25) is 0 Å². The van der Waals surface area contributed by atoms with Crippen molar-refractivity contribution in [3.8, 4) is 0 Å². The molecule has 15 heavy (non-hydrogen) atoms. The van der Waals surface area contributed by atoms with Crippen molar-refractivity contribution < 1.29 is 0 Å². The molecule has 5 heteroatoms. The number of fused-ring (bicyclic) bond motifs is 1. The molecule has 0 aromatic carbocycles. The minimum atomic E-state index is 0.740. The summed E-state index contributed by atoms with van der Waals surface area (Å²) in [6.45, 7) is 7.97. The van der Waals surface area contributed by atoms with E-state index in [1.807, 2.05) is 6.92 Å². The fraction of sp³-hybridized carbons (Fsp3) is 0.500. The van der Waals surface area contributed by atoms with E-state index in [0.717, 1.165) is 35.9 Å². The van der Waals surface area contributed by atoms with Crippen molar-refractivity contribution in [2.24, 2.45) is 0 Å². The molecule has 0 fully saturated rings. The molecular weight excluding hydrogens is 190 g/mol. The number of rotatable bonds is 3. The van der Waals surface area contributed by atoms with E-state index in [0.29, 0.717) is 0 Å². The van der Waals surface area contributed by atoms with E-state index in [9.17, 15) is 0 Å². The monoisotopic (exact) mass is 205 g/mol. The van der Waals surface area contributed by atoms with Crippen molar-refractivity contribution in [2.75, 3.05) is 18.0 Å². The van der Waals surface area contributed by atoms with E-state index in [1.165, 1.54) is 0 Å². The van der Waals surface area contributed by atoms with Gasteiger partial charge in [0.25, 0.3) is 0 Å². The maximum atomic E-state index is 4.46. The molecular formula is C10H15N5. The number of nitrogens with one attached hydrogen (secondary N) is 1. The Labute approximate surface area is 88.6 Å². The number of hydrogen-bond donors (Lipinski definition) is 1. The van der Waals surface area contributed by atoms with Gasteiger partial charge in [0, 0.05) is 13.1 Å². The van der Waals surface area contributed by atoms with Crippen LogP contribution in [0.25, 0.3) is 11.2 Å². The number of aromatic nitrogens is 4. The molecule has 2 rings (SSSR count). The van der Waals surface area contributed by atoms with E-state index < -0.39 is 0 Å². The van der Waals surface area contributed by atoms with Gasteiger partial charge in [-0.2, -0.15) is 4.98 Å². The van der Waals surface area contributed by atoms with Crippen LogP contribution >= 0.6 is 0 Å². The molecule has 0 aliphatic rings. The summed E-state index contributed by atoms with van der Waals surface area (Å²) in [7, 11) is 0.